The molecule has 0 bridgehead atoms. The van der Waals surface area contributed by atoms with Crippen LogP contribution < -0.4 is 4.90 Å². The van der Waals surface area contributed by atoms with Crippen LogP contribution in [-0.2, 0) is 29.0 Å². The van der Waals surface area contributed by atoms with Crippen LogP contribution in [0.3, 0.4) is 0 Å². The minimum absolute atomic E-state index is 0.0804. The van der Waals surface area contributed by atoms with Crippen molar-refractivity contribution < 1.29 is 26.4 Å². The Kier molecular flexibility index (Phi) is 5.04. The highest BCUT2D eigenvalue weighted by atomic mass is 32.2. The molecule has 9 heteroatoms. The van der Waals surface area contributed by atoms with Crippen LogP contribution in [-0.4, -0.2) is 42.9 Å². The Morgan fingerprint density at radius 3 is 2.30 bits per heavy atom. The SMILES string of the molecule is CCc1ccc(N2C(=O)N(Cc3cccc(C(F)(F)F)c3)C3CS(=O)(=O)CC32)cc1. The maximum absolute atomic E-state index is 13.2. The van der Waals surface area contributed by atoms with Gasteiger partial charge in [0, 0.05) is 12.2 Å². The van der Waals surface area contributed by atoms with Crippen molar-refractivity contribution in [3.8, 4) is 0 Å². The molecule has 0 N–H and O–H groups in total. The Morgan fingerprint density at radius 2 is 1.67 bits per heavy atom. The van der Waals surface area contributed by atoms with E-state index in [1.54, 1.807) is 12.1 Å². The van der Waals surface area contributed by atoms with Crippen molar-refractivity contribution in [2.45, 2.75) is 38.1 Å². The zero-order valence-corrected chi connectivity index (χ0v) is 17.1. The molecule has 5 nitrogen and oxygen atoms in total. The fraction of sp³-hybridized carbons (Fsp3) is 0.381. The van der Waals surface area contributed by atoms with Crippen LogP contribution >= 0.6 is 0 Å². The van der Waals surface area contributed by atoms with Crippen molar-refractivity contribution in [2.24, 2.45) is 0 Å². The van der Waals surface area contributed by atoms with Gasteiger partial charge in [0.25, 0.3) is 0 Å². The Labute approximate surface area is 173 Å². The number of nitrogens with zero attached hydrogens (tertiary/aromatic N) is 2. The summed E-state index contributed by atoms with van der Waals surface area (Å²) >= 11 is 0. The van der Waals surface area contributed by atoms with E-state index in [-0.39, 0.29) is 24.1 Å². The lowest BCUT2D eigenvalue weighted by atomic mass is 10.1. The first-order valence-electron chi connectivity index (χ1n) is 9.64. The van der Waals surface area contributed by atoms with E-state index < -0.39 is 33.7 Å². The van der Waals surface area contributed by atoms with Gasteiger partial charge in [-0.25, -0.2) is 13.2 Å². The number of urea groups is 1. The van der Waals surface area contributed by atoms with Gasteiger partial charge < -0.3 is 4.90 Å². The summed E-state index contributed by atoms with van der Waals surface area (Å²) in [5, 5.41) is 0. The minimum atomic E-state index is -4.49. The van der Waals surface area contributed by atoms with E-state index >= 15 is 0 Å². The average molecular weight is 438 g/mol. The number of hydrogen-bond acceptors (Lipinski definition) is 3. The molecule has 0 radical (unpaired) electrons. The van der Waals surface area contributed by atoms with Gasteiger partial charge in [0.15, 0.2) is 9.84 Å². The number of hydrogen-bond donors (Lipinski definition) is 0. The second kappa shape index (κ2) is 7.30. The van der Waals surface area contributed by atoms with Crippen LogP contribution in [0.15, 0.2) is 48.5 Å². The summed E-state index contributed by atoms with van der Waals surface area (Å²) in [7, 11) is -3.35. The van der Waals surface area contributed by atoms with E-state index in [0.29, 0.717) is 11.3 Å². The third kappa shape index (κ3) is 3.78. The van der Waals surface area contributed by atoms with Gasteiger partial charge in [-0.3, -0.25) is 4.90 Å². The number of rotatable bonds is 4. The first-order chi connectivity index (χ1) is 14.1. The van der Waals surface area contributed by atoms with Crippen molar-refractivity contribution in [1.82, 2.24) is 4.90 Å². The van der Waals surface area contributed by atoms with E-state index in [2.05, 4.69) is 0 Å². The standard InChI is InChI=1S/C21H21F3N2O3S/c1-2-14-6-8-17(9-7-14)26-19-13-30(28,29)12-18(19)25(20(26)27)11-15-4-3-5-16(10-15)21(22,23)24/h3-10,18-19H,2,11-13H2,1H3. The minimum Gasteiger partial charge on any atom is -0.314 e. The lowest BCUT2D eigenvalue weighted by Crippen LogP contribution is -2.37. The first-order valence-corrected chi connectivity index (χ1v) is 11.5. The summed E-state index contributed by atoms with van der Waals surface area (Å²) in [6, 6.07) is 10.6. The number of aryl methyl sites for hydroxylation is 1. The predicted molar refractivity (Wildman–Crippen MR) is 107 cm³/mol. The number of alkyl halides is 3. The number of anilines is 1. The number of amides is 2. The molecule has 2 aliphatic rings. The molecule has 2 aromatic carbocycles. The summed E-state index contributed by atoms with van der Waals surface area (Å²) in [6.07, 6.45) is -3.66. The molecule has 2 fully saturated rings. The quantitative estimate of drug-likeness (QED) is 0.681. The summed E-state index contributed by atoms with van der Waals surface area (Å²) in [6.45, 7) is 1.93. The van der Waals surface area contributed by atoms with Gasteiger partial charge >= 0.3 is 12.2 Å². The predicted octanol–water partition coefficient (Wildman–Crippen LogP) is 3.88. The molecule has 2 aromatic rings. The van der Waals surface area contributed by atoms with Gasteiger partial charge in [-0.05, 0) is 41.8 Å². The Balaban J connectivity index is 1.67. The fourth-order valence-corrected chi connectivity index (χ4v) is 6.15. The molecular weight excluding hydrogens is 417 g/mol. The maximum Gasteiger partial charge on any atom is 0.416 e. The second-order valence-electron chi connectivity index (χ2n) is 7.71. The van der Waals surface area contributed by atoms with Crippen molar-refractivity contribution in [3.63, 3.8) is 0 Å². The Bertz CT molecular complexity index is 1070. The van der Waals surface area contributed by atoms with Gasteiger partial charge in [-0.1, -0.05) is 31.2 Å². The zero-order valence-electron chi connectivity index (χ0n) is 16.3. The molecule has 2 aliphatic heterocycles. The lowest BCUT2D eigenvalue weighted by Gasteiger charge is -2.23. The molecule has 2 atom stereocenters. The number of halogens is 3. The van der Waals surface area contributed by atoms with Crippen LogP contribution in [0.4, 0.5) is 23.7 Å². The molecule has 30 heavy (non-hydrogen) atoms. The smallest absolute Gasteiger partial charge is 0.314 e. The van der Waals surface area contributed by atoms with Crippen LogP contribution in [0.1, 0.15) is 23.6 Å². The van der Waals surface area contributed by atoms with Crippen LogP contribution in [0.5, 0.6) is 0 Å². The topological polar surface area (TPSA) is 57.7 Å². The van der Waals surface area contributed by atoms with Crippen LogP contribution in [0.25, 0.3) is 0 Å². The molecule has 2 unspecified atom stereocenters. The highest BCUT2D eigenvalue weighted by molar-refractivity contribution is 7.91. The summed E-state index contributed by atoms with van der Waals surface area (Å²) in [4.78, 5) is 16.1. The number of carbonyl (C=O) groups excluding carboxylic acids is 1. The molecule has 160 valence electrons. The van der Waals surface area contributed by atoms with E-state index in [1.807, 2.05) is 19.1 Å². The number of benzene rings is 2. The van der Waals surface area contributed by atoms with Crippen LogP contribution in [0.2, 0.25) is 0 Å². The Hall–Kier alpha value is -2.55. The number of fused-ring (bicyclic) bond motifs is 1. The molecule has 2 heterocycles. The van der Waals surface area contributed by atoms with Gasteiger partial charge in [0.05, 0.1) is 29.2 Å². The summed E-state index contributed by atoms with van der Waals surface area (Å²) in [5.74, 6) is -0.343. The average Bonchev–Trinajstić information content (AvgIpc) is 3.12. The lowest BCUT2D eigenvalue weighted by molar-refractivity contribution is -0.137. The van der Waals surface area contributed by atoms with Crippen molar-refractivity contribution in [1.29, 1.82) is 0 Å². The third-order valence-electron chi connectivity index (χ3n) is 5.71. The maximum atomic E-state index is 13.2. The monoisotopic (exact) mass is 438 g/mol. The molecule has 0 aromatic heterocycles. The molecule has 2 saturated heterocycles. The van der Waals surface area contributed by atoms with Gasteiger partial charge in [-0.15, -0.1) is 0 Å². The van der Waals surface area contributed by atoms with E-state index in [1.165, 1.54) is 21.9 Å². The third-order valence-corrected chi connectivity index (χ3v) is 7.41. The van der Waals surface area contributed by atoms with Crippen LogP contribution in [0, 0.1) is 0 Å². The zero-order chi connectivity index (χ0) is 21.7. The van der Waals surface area contributed by atoms with Gasteiger partial charge in [0.2, 0.25) is 0 Å². The fourth-order valence-electron chi connectivity index (χ4n) is 4.20. The van der Waals surface area contributed by atoms with Gasteiger partial charge in [0.1, 0.15) is 0 Å². The van der Waals surface area contributed by atoms with Gasteiger partial charge in [-0.2, -0.15) is 13.2 Å². The van der Waals surface area contributed by atoms with Crippen molar-refractivity contribution >= 4 is 21.6 Å². The molecule has 4 rings (SSSR count). The Morgan fingerprint density at radius 1 is 1.00 bits per heavy atom. The van der Waals surface area contributed by atoms with Crippen molar-refractivity contribution in [3.05, 3.63) is 65.2 Å². The summed E-state index contributed by atoms with van der Waals surface area (Å²) < 4.78 is 63.8. The summed E-state index contributed by atoms with van der Waals surface area (Å²) in [5.41, 5.74) is 1.19. The highest BCUT2D eigenvalue weighted by Crippen LogP contribution is 2.37. The largest absolute Gasteiger partial charge is 0.416 e. The molecular formula is C21H21F3N2O3S. The highest BCUT2D eigenvalue weighted by Gasteiger charge is 2.53. The molecule has 2 amide bonds. The first kappa shape index (κ1) is 20.7. The molecule has 0 spiro atoms. The molecule has 0 saturated carbocycles. The van der Waals surface area contributed by atoms with E-state index in [0.717, 1.165) is 24.1 Å². The second-order valence-corrected chi connectivity index (χ2v) is 9.86. The normalized spacial score (nSPS) is 23.1. The van der Waals surface area contributed by atoms with E-state index in [9.17, 15) is 26.4 Å². The number of carbonyl (C=O) groups is 1. The number of sulfone groups is 1. The molecule has 0 aliphatic carbocycles. The van der Waals surface area contributed by atoms with Crippen molar-refractivity contribution in [2.75, 3.05) is 16.4 Å². The van der Waals surface area contributed by atoms with E-state index in [4.69, 9.17) is 0 Å².